The maximum absolute atomic E-state index is 11.7. The van der Waals surface area contributed by atoms with Gasteiger partial charge in [0.2, 0.25) is 0 Å². The second kappa shape index (κ2) is 4.51. The van der Waals surface area contributed by atoms with Crippen molar-refractivity contribution in [2.75, 3.05) is 14.2 Å². The smallest absolute Gasteiger partial charge is 0.335 e. The van der Waals surface area contributed by atoms with E-state index in [0.717, 1.165) is 0 Å². The minimum atomic E-state index is -0.486. The van der Waals surface area contributed by atoms with E-state index in [1.165, 1.54) is 14.2 Å². The summed E-state index contributed by atoms with van der Waals surface area (Å²) in [6.07, 6.45) is 0. The second-order valence-corrected chi connectivity index (χ2v) is 4.91. The molecular weight excluding hydrogens is 220 g/mol. The molecule has 0 radical (unpaired) electrons. The molecule has 0 aromatic heterocycles. The monoisotopic (exact) mass is 240 g/mol. The fourth-order valence-corrected chi connectivity index (χ4v) is 2.88. The van der Waals surface area contributed by atoms with Gasteiger partial charge in [0.05, 0.1) is 25.4 Å². The van der Waals surface area contributed by atoms with Crippen LogP contribution < -0.4 is 0 Å². The van der Waals surface area contributed by atoms with Gasteiger partial charge in [-0.3, -0.25) is 0 Å². The molecule has 0 fully saturated rings. The van der Waals surface area contributed by atoms with E-state index in [-0.39, 0.29) is 11.8 Å². The van der Waals surface area contributed by atoms with Gasteiger partial charge in [0.15, 0.2) is 0 Å². The zero-order valence-electron chi connectivity index (χ0n) is 11.3. The number of esters is 2. The van der Waals surface area contributed by atoms with Crippen molar-refractivity contribution in [3.63, 3.8) is 0 Å². The van der Waals surface area contributed by atoms with Crippen LogP contribution in [0, 0.1) is 17.3 Å². The molecule has 0 aromatic rings. The number of ether oxygens (including phenoxy) is 2. The summed E-state index contributed by atoms with van der Waals surface area (Å²) in [7, 11) is 2.65. The predicted molar refractivity (Wildman–Crippen MR) is 63.2 cm³/mol. The molecule has 4 heteroatoms. The molecule has 0 saturated carbocycles. The molecule has 0 bridgehead atoms. The molecule has 17 heavy (non-hydrogen) atoms. The van der Waals surface area contributed by atoms with E-state index in [9.17, 15) is 9.59 Å². The van der Waals surface area contributed by atoms with Crippen LogP contribution in [0.15, 0.2) is 11.1 Å². The van der Waals surface area contributed by atoms with Crippen molar-refractivity contribution in [3.8, 4) is 0 Å². The number of hydrogen-bond acceptors (Lipinski definition) is 4. The van der Waals surface area contributed by atoms with Gasteiger partial charge >= 0.3 is 11.9 Å². The number of methoxy groups -OCH3 is 2. The van der Waals surface area contributed by atoms with Gasteiger partial charge in [-0.05, 0) is 11.8 Å². The van der Waals surface area contributed by atoms with Gasteiger partial charge in [0.25, 0.3) is 0 Å². The maximum atomic E-state index is 11.7. The number of carbonyl (C=O) groups excluding carboxylic acids is 2. The summed E-state index contributed by atoms with van der Waals surface area (Å²) in [5.41, 5.74) is 0.480. The molecule has 0 aromatic carbocycles. The van der Waals surface area contributed by atoms with E-state index in [1.807, 2.05) is 27.7 Å². The quantitative estimate of drug-likeness (QED) is 0.705. The van der Waals surface area contributed by atoms with E-state index < -0.39 is 17.4 Å². The van der Waals surface area contributed by atoms with Gasteiger partial charge in [-0.15, -0.1) is 0 Å². The minimum Gasteiger partial charge on any atom is -0.466 e. The van der Waals surface area contributed by atoms with Crippen LogP contribution in [0.4, 0.5) is 0 Å². The summed E-state index contributed by atoms with van der Waals surface area (Å²) in [5, 5.41) is 0. The first kappa shape index (κ1) is 13.7. The Morgan fingerprint density at radius 2 is 1.18 bits per heavy atom. The Morgan fingerprint density at radius 3 is 1.35 bits per heavy atom. The first-order valence-electron chi connectivity index (χ1n) is 5.77. The second-order valence-electron chi connectivity index (χ2n) is 4.91. The molecule has 96 valence electrons. The maximum Gasteiger partial charge on any atom is 0.335 e. The molecule has 0 saturated heterocycles. The van der Waals surface area contributed by atoms with Crippen LogP contribution in [0.3, 0.4) is 0 Å². The number of rotatable bonds is 4. The fraction of sp³-hybridized carbons (Fsp3) is 0.692. The summed E-state index contributed by atoms with van der Waals surface area (Å²) in [6, 6.07) is 0. The van der Waals surface area contributed by atoms with E-state index in [0.29, 0.717) is 11.1 Å². The van der Waals surface area contributed by atoms with E-state index in [2.05, 4.69) is 0 Å². The molecule has 0 amide bonds. The molecule has 0 unspecified atom stereocenters. The van der Waals surface area contributed by atoms with Gasteiger partial charge in [0.1, 0.15) is 0 Å². The Morgan fingerprint density at radius 1 is 0.882 bits per heavy atom. The molecule has 0 atom stereocenters. The SMILES string of the molecule is COC(=O)C1=C(C(=O)OC)C1(C(C)C)C(C)C. The average molecular weight is 240 g/mol. The van der Waals surface area contributed by atoms with E-state index >= 15 is 0 Å². The third-order valence-electron chi connectivity index (χ3n) is 3.62. The van der Waals surface area contributed by atoms with Crippen LogP contribution in [0.1, 0.15) is 27.7 Å². The van der Waals surface area contributed by atoms with Crippen LogP contribution in [0.5, 0.6) is 0 Å². The summed E-state index contributed by atoms with van der Waals surface area (Å²) in [4.78, 5) is 23.5. The van der Waals surface area contributed by atoms with Gasteiger partial charge < -0.3 is 9.47 Å². The Hall–Kier alpha value is -1.32. The number of carbonyl (C=O) groups is 2. The van der Waals surface area contributed by atoms with Crippen LogP contribution in [-0.2, 0) is 19.1 Å². The molecule has 0 spiro atoms. The van der Waals surface area contributed by atoms with Gasteiger partial charge in [-0.2, -0.15) is 0 Å². The summed E-state index contributed by atoms with van der Waals surface area (Å²) >= 11 is 0. The summed E-state index contributed by atoms with van der Waals surface area (Å²) in [5.74, 6) is -0.531. The molecule has 1 rings (SSSR count). The van der Waals surface area contributed by atoms with Crippen LogP contribution >= 0.6 is 0 Å². The highest BCUT2D eigenvalue weighted by Gasteiger charge is 2.64. The zero-order chi connectivity index (χ0) is 13.4. The molecule has 0 heterocycles. The molecular formula is C13H20O4. The van der Waals surface area contributed by atoms with Crippen molar-refractivity contribution in [2.24, 2.45) is 17.3 Å². The molecule has 0 aliphatic heterocycles. The number of hydrogen-bond donors (Lipinski definition) is 0. The van der Waals surface area contributed by atoms with E-state index in [4.69, 9.17) is 9.47 Å². The topological polar surface area (TPSA) is 52.6 Å². The highest BCUT2D eigenvalue weighted by molar-refractivity contribution is 6.12. The standard InChI is InChI=1S/C13H20O4/c1-7(2)13(8(3)4)9(11(14)16-5)10(13)12(15)17-6/h7-8H,1-6H3. The molecule has 0 N–H and O–H groups in total. The molecule has 1 aliphatic rings. The lowest BCUT2D eigenvalue weighted by Crippen LogP contribution is -2.27. The van der Waals surface area contributed by atoms with Crippen molar-refractivity contribution < 1.29 is 19.1 Å². The van der Waals surface area contributed by atoms with Crippen molar-refractivity contribution >= 4 is 11.9 Å². The van der Waals surface area contributed by atoms with Crippen molar-refractivity contribution in [3.05, 3.63) is 11.1 Å². The lowest BCUT2D eigenvalue weighted by Gasteiger charge is -2.27. The first-order chi connectivity index (χ1) is 7.85. The Bertz CT molecular complexity index is 341. The largest absolute Gasteiger partial charge is 0.466 e. The highest BCUT2D eigenvalue weighted by Crippen LogP contribution is 2.63. The normalized spacial score (nSPS) is 17.4. The minimum absolute atomic E-state index is 0.158. The van der Waals surface area contributed by atoms with Crippen LogP contribution in [0.2, 0.25) is 0 Å². The van der Waals surface area contributed by atoms with Gasteiger partial charge in [-0.1, -0.05) is 27.7 Å². The molecule has 4 nitrogen and oxygen atoms in total. The van der Waals surface area contributed by atoms with Crippen molar-refractivity contribution in [1.29, 1.82) is 0 Å². The van der Waals surface area contributed by atoms with Gasteiger partial charge in [-0.25, -0.2) is 9.59 Å². The Balaban J connectivity index is 3.21. The summed E-state index contributed by atoms with van der Waals surface area (Å²) < 4.78 is 9.50. The summed E-state index contributed by atoms with van der Waals surface area (Å²) in [6.45, 7) is 8.00. The first-order valence-corrected chi connectivity index (χ1v) is 5.77. The predicted octanol–water partition coefficient (Wildman–Crippen LogP) is 1.94. The average Bonchev–Trinajstić information content (AvgIpc) is 2.98. The third kappa shape index (κ3) is 1.75. The van der Waals surface area contributed by atoms with Crippen LogP contribution in [-0.4, -0.2) is 26.2 Å². The lowest BCUT2D eigenvalue weighted by molar-refractivity contribution is -0.137. The Kier molecular flexibility index (Phi) is 3.65. The zero-order valence-corrected chi connectivity index (χ0v) is 11.3. The Labute approximate surface area is 102 Å². The lowest BCUT2D eigenvalue weighted by atomic mass is 9.75. The highest BCUT2D eigenvalue weighted by atomic mass is 16.5. The fourth-order valence-electron chi connectivity index (χ4n) is 2.88. The third-order valence-corrected chi connectivity index (χ3v) is 3.62. The van der Waals surface area contributed by atoms with Crippen LogP contribution in [0.25, 0.3) is 0 Å². The van der Waals surface area contributed by atoms with Crippen molar-refractivity contribution in [2.45, 2.75) is 27.7 Å². The van der Waals surface area contributed by atoms with Gasteiger partial charge in [0, 0.05) is 5.41 Å². The van der Waals surface area contributed by atoms with E-state index in [1.54, 1.807) is 0 Å². The van der Waals surface area contributed by atoms with Crippen molar-refractivity contribution in [1.82, 2.24) is 0 Å². The molecule has 1 aliphatic carbocycles.